The first-order valence-corrected chi connectivity index (χ1v) is 6.93. The molecule has 0 N–H and O–H groups in total. The van der Waals surface area contributed by atoms with Crippen LogP contribution in [0, 0.1) is 18.3 Å². The Balaban J connectivity index is 2.28. The van der Waals surface area contributed by atoms with Crippen LogP contribution in [0.3, 0.4) is 0 Å². The Labute approximate surface area is 114 Å². The number of aryl methyl sites for hydroxylation is 1. The topological polar surface area (TPSA) is 52.8 Å². The monoisotopic (exact) mass is 276 g/mol. The Morgan fingerprint density at radius 2 is 2.11 bits per heavy atom. The van der Waals surface area contributed by atoms with Gasteiger partial charge in [0.25, 0.3) is 0 Å². The van der Waals surface area contributed by atoms with Gasteiger partial charge in [-0.2, -0.15) is 5.26 Å². The van der Waals surface area contributed by atoms with Crippen LogP contribution in [-0.4, -0.2) is 24.3 Å². The number of nitriles is 1. The molecule has 2 aromatic rings. The molecule has 1 aromatic heterocycles. The fourth-order valence-electron chi connectivity index (χ4n) is 1.32. The van der Waals surface area contributed by atoms with E-state index in [1.54, 1.807) is 0 Å². The second-order valence-electron chi connectivity index (χ2n) is 3.96. The van der Waals surface area contributed by atoms with E-state index in [1.165, 1.54) is 23.1 Å². The standard InChI is InChI=1S/C12H12N4S2/c1-8-4-5-9(7-13)10(6-8)17-12-15-14-11(18-12)16(2)3/h4-6H,1-3H3. The Morgan fingerprint density at radius 1 is 1.33 bits per heavy atom. The molecule has 4 nitrogen and oxygen atoms in total. The van der Waals surface area contributed by atoms with Crippen molar-refractivity contribution < 1.29 is 0 Å². The van der Waals surface area contributed by atoms with E-state index in [-0.39, 0.29) is 0 Å². The zero-order chi connectivity index (χ0) is 13.1. The molecule has 0 fully saturated rings. The van der Waals surface area contributed by atoms with Gasteiger partial charge in [-0.05, 0) is 24.6 Å². The lowest BCUT2D eigenvalue weighted by Crippen LogP contribution is -2.07. The Hall–Kier alpha value is -1.58. The van der Waals surface area contributed by atoms with E-state index >= 15 is 0 Å². The van der Waals surface area contributed by atoms with Gasteiger partial charge in [0.1, 0.15) is 6.07 Å². The molecular weight excluding hydrogens is 264 g/mol. The van der Waals surface area contributed by atoms with Gasteiger partial charge in [0.05, 0.1) is 5.56 Å². The van der Waals surface area contributed by atoms with Crippen molar-refractivity contribution in [3.63, 3.8) is 0 Å². The highest BCUT2D eigenvalue weighted by Gasteiger charge is 2.10. The second-order valence-corrected chi connectivity index (χ2v) is 6.20. The predicted molar refractivity (Wildman–Crippen MR) is 74.3 cm³/mol. The van der Waals surface area contributed by atoms with E-state index in [2.05, 4.69) is 16.3 Å². The first-order valence-electron chi connectivity index (χ1n) is 5.29. The van der Waals surface area contributed by atoms with Crippen LogP contribution in [0.5, 0.6) is 0 Å². The summed E-state index contributed by atoms with van der Waals surface area (Å²) in [5.41, 5.74) is 1.81. The van der Waals surface area contributed by atoms with Gasteiger partial charge >= 0.3 is 0 Å². The summed E-state index contributed by atoms with van der Waals surface area (Å²) in [5.74, 6) is 0. The van der Waals surface area contributed by atoms with Crippen LogP contribution in [0.25, 0.3) is 0 Å². The summed E-state index contributed by atoms with van der Waals surface area (Å²) < 4.78 is 0.848. The predicted octanol–water partition coefficient (Wildman–Crippen LogP) is 2.94. The van der Waals surface area contributed by atoms with Crippen molar-refractivity contribution in [2.75, 3.05) is 19.0 Å². The summed E-state index contributed by atoms with van der Waals surface area (Å²) >= 11 is 3.01. The SMILES string of the molecule is Cc1ccc(C#N)c(Sc2nnc(N(C)C)s2)c1. The third kappa shape index (κ3) is 2.81. The fraction of sp³-hybridized carbons (Fsp3) is 0.250. The fourth-order valence-corrected chi connectivity index (χ4v) is 3.22. The second kappa shape index (κ2) is 5.38. The number of benzene rings is 1. The maximum absolute atomic E-state index is 9.08. The lowest BCUT2D eigenvalue weighted by atomic mass is 10.2. The van der Waals surface area contributed by atoms with E-state index < -0.39 is 0 Å². The minimum absolute atomic E-state index is 0.673. The summed E-state index contributed by atoms with van der Waals surface area (Å²) in [7, 11) is 3.87. The molecule has 0 saturated carbocycles. The van der Waals surface area contributed by atoms with Crippen molar-refractivity contribution >= 4 is 28.2 Å². The molecule has 2 rings (SSSR count). The normalized spacial score (nSPS) is 10.1. The molecule has 0 aliphatic carbocycles. The molecule has 0 radical (unpaired) electrons. The summed E-state index contributed by atoms with van der Waals surface area (Å²) in [6.07, 6.45) is 0. The van der Waals surface area contributed by atoms with Gasteiger partial charge < -0.3 is 4.90 Å². The van der Waals surface area contributed by atoms with Crippen LogP contribution in [0.15, 0.2) is 27.4 Å². The van der Waals surface area contributed by atoms with Crippen molar-refractivity contribution in [3.8, 4) is 6.07 Å². The molecule has 0 amide bonds. The third-order valence-electron chi connectivity index (χ3n) is 2.23. The molecule has 0 bridgehead atoms. The average Bonchev–Trinajstić information content (AvgIpc) is 2.78. The zero-order valence-electron chi connectivity index (χ0n) is 10.3. The molecule has 6 heteroatoms. The molecule has 18 heavy (non-hydrogen) atoms. The van der Waals surface area contributed by atoms with E-state index in [0.29, 0.717) is 5.56 Å². The Bertz CT molecular complexity index is 598. The van der Waals surface area contributed by atoms with E-state index in [0.717, 1.165) is 19.9 Å². The maximum atomic E-state index is 9.08. The Kier molecular flexibility index (Phi) is 3.84. The van der Waals surface area contributed by atoms with Gasteiger partial charge in [0.15, 0.2) is 4.34 Å². The van der Waals surface area contributed by atoms with Gasteiger partial charge in [-0.15, -0.1) is 10.2 Å². The quantitative estimate of drug-likeness (QED) is 0.862. The van der Waals surface area contributed by atoms with Crippen LogP contribution >= 0.6 is 23.1 Å². The van der Waals surface area contributed by atoms with Gasteiger partial charge in [-0.25, -0.2) is 0 Å². The van der Waals surface area contributed by atoms with Crippen molar-refractivity contribution in [2.45, 2.75) is 16.2 Å². The van der Waals surface area contributed by atoms with Crippen molar-refractivity contribution in [1.82, 2.24) is 10.2 Å². The molecule has 0 atom stereocenters. The smallest absolute Gasteiger partial charge is 0.208 e. The van der Waals surface area contributed by atoms with E-state index in [9.17, 15) is 0 Å². The molecule has 0 aliphatic rings. The molecule has 1 heterocycles. The number of hydrogen-bond donors (Lipinski definition) is 0. The van der Waals surface area contributed by atoms with Crippen LogP contribution in [0.1, 0.15) is 11.1 Å². The lowest BCUT2D eigenvalue weighted by molar-refractivity contribution is 0.972. The molecule has 0 saturated heterocycles. The molecule has 0 spiro atoms. The summed E-state index contributed by atoms with van der Waals surface area (Å²) in [4.78, 5) is 2.85. The summed E-state index contributed by atoms with van der Waals surface area (Å²) in [6, 6.07) is 7.98. The summed E-state index contributed by atoms with van der Waals surface area (Å²) in [6.45, 7) is 2.01. The largest absolute Gasteiger partial charge is 0.353 e. The lowest BCUT2D eigenvalue weighted by Gasteiger charge is -2.04. The number of nitrogens with zero attached hydrogens (tertiary/aromatic N) is 4. The average molecular weight is 276 g/mol. The van der Waals surface area contributed by atoms with Crippen molar-refractivity contribution in [1.29, 1.82) is 5.26 Å². The van der Waals surface area contributed by atoms with Crippen molar-refractivity contribution in [3.05, 3.63) is 29.3 Å². The number of aromatic nitrogens is 2. The number of anilines is 1. The molecule has 92 valence electrons. The zero-order valence-corrected chi connectivity index (χ0v) is 12.0. The highest BCUT2D eigenvalue weighted by Crippen LogP contribution is 2.34. The minimum atomic E-state index is 0.673. The van der Waals surface area contributed by atoms with E-state index in [4.69, 9.17) is 5.26 Å². The first-order chi connectivity index (χ1) is 8.60. The highest BCUT2D eigenvalue weighted by atomic mass is 32.2. The van der Waals surface area contributed by atoms with Gasteiger partial charge in [-0.3, -0.25) is 0 Å². The molecule has 1 aromatic carbocycles. The number of rotatable bonds is 3. The first kappa shape index (κ1) is 12.9. The van der Waals surface area contributed by atoms with Gasteiger partial charge in [0, 0.05) is 19.0 Å². The van der Waals surface area contributed by atoms with Crippen LogP contribution in [0.2, 0.25) is 0 Å². The van der Waals surface area contributed by atoms with Crippen molar-refractivity contribution in [2.24, 2.45) is 0 Å². The van der Waals surface area contributed by atoms with Crippen LogP contribution < -0.4 is 4.90 Å². The van der Waals surface area contributed by atoms with Crippen LogP contribution in [-0.2, 0) is 0 Å². The Morgan fingerprint density at radius 3 is 2.72 bits per heavy atom. The molecular formula is C12H12N4S2. The molecule has 0 aliphatic heterocycles. The highest BCUT2D eigenvalue weighted by molar-refractivity contribution is 8.01. The van der Waals surface area contributed by atoms with Crippen LogP contribution in [0.4, 0.5) is 5.13 Å². The van der Waals surface area contributed by atoms with Gasteiger partial charge in [-0.1, -0.05) is 29.2 Å². The number of hydrogen-bond acceptors (Lipinski definition) is 6. The third-order valence-corrected chi connectivity index (χ3v) is 4.43. The van der Waals surface area contributed by atoms with Gasteiger partial charge in [0.2, 0.25) is 5.13 Å². The maximum Gasteiger partial charge on any atom is 0.208 e. The van der Waals surface area contributed by atoms with E-state index in [1.807, 2.05) is 44.1 Å². The summed E-state index contributed by atoms with van der Waals surface area (Å²) in [5, 5.41) is 18.1. The molecule has 0 unspecified atom stereocenters. The minimum Gasteiger partial charge on any atom is -0.353 e.